The second-order valence-electron chi connectivity index (χ2n) is 5.25. The first kappa shape index (κ1) is 13.1. The summed E-state index contributed by atoms with van der Waals surface area (Å²) in [5, 5.41) is 18.7. The average Bonchev–Trinajstić information content (AvgIpc) is 2.26. The maximum absolute atomic E-state index is 12.1. The van der Waals surface area contributed by atoms with Crippen LogP contribution in [0.25, 0.3) is 0 Å². The van der Waals surface area contributed by atoms with E-state index in [1.165, 1.54) is 4.90 Å². The van der Waals surface area contributed by atoms with Gasteiger partial charge >= 0.3 is 12.0 Å². The molecule has 2 rings (SSSR count). The summed E-state index contributed by atoms with van der Waals surface area (Å²) in [6, 6.07) is -0.298. The molecule has 0 aromatic carbocycles. The van der Waals surface area contributed by atoms with Gasteiger partial charge in [-0.15, -0.1) is 0 Å². The van der Waals surface area contributed by atoms with Crippen molar-refractivity contribution in [1.82, 2.24) is 9.80 Å². The van der Waals surface area contributed by atoms with Gasteiger partial charge in [-0.2, -0.15) is 0 Å². The summed E-state index contributed by atoms with van der Waals surface area (Å²) in [7, 11) is 1.69. The van der Waals surface area contributed by atoms with Crippen LogP contribution in [0.5, 0.6) is 0 Å². The first-order chi connectivity index (χ1) is 8.50. The van der Waals surface area contributed by atoms with E-state index >= 15 is 0 Å². The molecule has 0 radical (unpaired) electrons. The molecule has 18 heavy (non-hydrogen) atoms. The molecule has 6 nitrogen and oxygen atoms in total. The number of aliphatic hydroxyl groups excluding tert-OH is 1. The third-order valence-corrected chi connectivity index (χ3v) is 3.99. The predicted octanol–water partition coefficient (Wildman–Crippen LogP) is 0.358. The third kappa shape index (κ3) is 2.43. The van der Waals surface area contributed by atoms with E-state index in [-0.39, 0.29) is 25.2 Å². The Bertz CT molecular complexity index is 341. The Balaban J connectivity index is 1.87. The highest BCUT2D eigenvalue weighted by Crippen LogP contribution is 2.25. The minimum absolute atomic E-state index is 0.130. The van der Waals surface area contributed by atoms with Gasteiger partial charge in [-0.05, 0) is 12.8 Å². The van der Waals surface area contributed by atoms with Gasteiger partial charge in [-0.1, -0.05) is 12.8 Å². The number of aliphatic carboxylic acids is 1. The molecule has 102 valence electrons. The number of urea groups is 1. The lowest BCUT2D eigenvalue weighted by Crippen LogP contribution is -2.59. The van der Waals surface area contributed by atoms with E-state index in [4.69, 9.17) is 5.11 Å². The summed E-state index contributed by atoms with van der Waals surface area (Å²) in [5.74, 6) is -1.28. The molecule has 0 aromatic rings. The highest BCUT2D eigenvalue weighted by atomic mass is 16.4. The van der Waals surface area contributed by atoms with Crippen molar-refractivity contribution < 1.29 is 19.8 Å². The summed E-state index contributed by atoms with van der Waals surface area (Å²) in [6.45, 7) is 0.558. The average molecular weight is 256 g/mol. The van der Waals surface area contributed by atoms with Gasteiger partial charge in [-0.25, -0.2) is 4.79 Å². The van der Waals surface area contributed by atoms with Gasteiger partial charge in [0.2, 0.25) is 0 Å². The predicted molar refractivity (Wildman–Crippen MR) is 64.1 cm³/mol. The summed E-state index contributed by atoms with van der Waals surface area (Å²) in [6.07, 6.45) is 3.13. The Morgan fingerprint density at radius 3 is 2.39 bits per heavy atom. The zero-order valence-corrected chi connectivity index (χ0v) is 10.6. The van der Waals surface area contributed by atoms with Crippen LogP contribution >= 0.6 is 0 Å². The van der Waals surface area contributed by atoms with Crippen LogP contribution in [0, 0.1) is 5.92 Å². The fraction of sp³-hybridized carbons (Fsp3) is 0.833. The van der Waals surface area contributed by atoms with Crippen molar-refractivity contribution >= 4 is 12.0 Å². The van der Waals surface area contributed by atoms with Crippen molar-refractivity contribution in [3.63, 3.8) is 0 Å². The topological polar surface area (TPSA) is 81.1 Å². The van der Waals surface area contributed by atoms with E-state index < -0.39 is 18.0 Å². The number of amides is 2. The maximum atomic E-state index is 12.1. The van der Waals surface area contributed by atoms with E-state index in [0.29, 0.717) is 0 Å². The summed E-state index contributed by atoms with van der Waals surface area (Å²) in [4.78, 5) is 25.9. The first-order valence-electron chi connectivity index (χ1n) is 6.43. The number of carbonyl (C=O) groups excluding carboxylic acids is 1. The number of nitrogens with zero attached hydrogens (tertiary/aromatic N) is 2. The van der Waals surface area contributed by atoms with Crippen molar-refractivity contribution in [3.8, 4) is 0 Å². The van der Waals surface area contributed by atoms with Gasteiger partial charge in [0.15, 0.2) is 0 Å². The molecule has 2 fully saturated rings. The van der Waals surface area contributed by atoms with Crippen molar-refractivity contribution in [3.05, 3.63) is 0 Å². The van der Waals surface area contributed by atoms with Crippen LogP contribution < -0.4 is 0 Å². The van der Waals surface area contributed by atoms with Crippen molar-refractivity contribution in [2.24, 2.45) is 5.92 Å². The molecule has 0 aromatic heterocycles. The number of likely N-dealkylation sites (tertiary alicyclic amines) is 1. The molecule has 0 bridgehead atoms. The molecule has 1 saturated heterocycles. The third-order valence-electron chi connectivity index (χ3n) is 3.99. The number of carboxylic acids is 1. The zero-order valence-electron chi connectivity index (χ0n) is 10.6. The van der Waals surface area contributed by atoms with Gasteiger partial charge < -0.3 is 20.0 Å². The molecular weight excluding hydrogens is 236 g/mol. The van der Waals surface area contributed by atoms with E-state index in [0.717, 1.165) is 25.7 Å². The van der Waals surface area contributed by atoms with Crippen LogP contribution in [-0.2, 0) is 4.79 Å². The Hall–Kier alpha value is -1.30. The smallest absolute Gasteiger partial charge is 0.320 e. The second-order valence-corrected chi connectivity index (χ2v) is 5.25. The minimum Gasteiger partial charge on any atom is -0.481 e. The molecule has 1 aliphatic carbocycles. The van der Waals surface area contributed by atoms with E-state index in [1.807, 2.05) is 0 Å². The fourth-order valence-corrected chi connectivity index (χ4v) is 2.70. The van der Waals surface area contributed by atoms with Crippen LogP contribution in [0.15, 0.2) is 0 Å². The molecule has 2 unspecified atom stereocenters. The van der Waals surface area contributed by atoms with Crippen LogP contribution in [0.2, 0.25) is 0 Å². The molecule has 2 aliphatic rings. The Kier molecular flexibility index (Phi) is 3.75. The quantitative estimate of drug-likeness (QED) is 0.747. The van der Waals surface area contributed by atoms with Crippen molar-refractivity contribution in [2.45, 2.75) is 37.8 Å². The standard InChI is InChI=1S/C12H20N2O4/c1-13(9-4-2-3-5-10(9)15)12(18)14-6-8(7-14)11(16)17/h8-10,15H,2-7H2,1H3,(H,16,17). The fourth-order valence-electron chi connectivity index (χ4n) is 2.70. The Labute approximate surface area is 106 Å². The number of carbonyl (C=O) groups is 2. The monoisotopic (exact) mass is 256 g/mol. The van der Waals surface area contributed by atoms with E-state index in [2.05, 4.69) is 0 Å². The molecule has 1 heterocycles. The number of hydrogen-bond donors (Lipinski definition) is 2. The van der Waals surface area contributed by atoms with Crippen molar-refractivity contribution in [1.29, 1.82) is 0 Å². The van der Waals surface area contributed by atoms with Crippen LogP contribution in [0.3, 0.4) is 0 Å². The summed E-state index contributed by atoms with van der Waals surface area (Å²) >= 11 is 0. The van der Waals surface area contributed by atoms with Crippen LogP contribution in [0.4, 0.5) is 4.79 Å². The van der Waals surface area contributed by atoms with Crippen molar-refractivity contribution in [2.75, 3.05) is 20.1 Å². The second kappa shape index (κ2) is 5.14. The summed E-state index contributed by atoms with van der Waals surface area (Å²) in [5.41, 5.74) is 0. The van der Waals surface area contributed by atoms with Gasteiger partial charge in [0.25, 0.3) is 0 Å². The molecule has 2 N–H and O–H groups in total. The first-order valence-corrected chi connectivity index (χ1v) is 6.43. The lowest BCUT2D eigenvalue weighted by molar-refractivity contribution is -0.146. The molecule has 1 aliphatic heterocycles. The molecule has 2 atom stereocenters. The Morgan fingerprint density at radius 2 is 1.83 bits per heavy atom. The van der Waals surface area contributed by atoms with Crippen LogP contribution in [-0.4, -0.2) is 64.3 Å². The molecule has 0 spiro atoms. The number of rotatable bonds is 2. The van der Waals surface area contributed by atoms with Gasteiger partial charge in [-0.3, -0.25) is 4.79 Å². The van der Waals surface area contributed by atoms with Gasteiger partial charge in [0, 0.05) is 20.1 Å². The van der Waals surface area contributed by atoms with E-state index in [1.54, 1.807) is 11.9 Å². The highest BCUT2D eigenvalue weighted by molar-refractivity contribution is 5.80. The molecular formula is C12H20N2O4. The van der Waals surface area contributed by atoms with Gasteiger partial charge in [0.05, 0.1) is 18.1 Å². The zero-order chi connectivity index (χ0) is 13.3. The van der Waals surface area contributed by atoms with Crippen LogP contribution in [0.1, 0.15) is 25.7 Å². The lowest BCUT2D eigenvalue weighted by atomic mass is 9.91. The number of aliphatic hydroxyl groups is 1. The number of likely N-dealkylation sites (N-methyl/N-ethyl adjacent to an activating group) is 1. The normalized spacial score (nSPS) is 28.7. The highest BCUT2D eigenvalue weighted by Gasteiger charge is 2.39. The number of hydrogen-bond acceptors (Lipinski definition) is 3. The number of carboxylic acid groups (broad SMARTS) is 1. The molecule has 2 amide bonds. The summed E-state index contributed by atoms with van der Waals surface area (Å²) < 4.78 is 0. The lowest BCUT2D eigenvalue weighted by Gasteiger charge is -2.43. The molecule has 6 heteroatoms. The SMILES string of the molecule is CN(C(=O)N1CC(C(=O)O)C1)C1CCCCC1O. The maximum Gasteiger partial charge on any atom is 0.320 e. The van der Waals surface area contributed by atoms with E-state index in [9.17, 15) is 14.7 Å². The minimum atomic E-state index is -0.848. The van der Waals surface area contributed by atoms with Gasteiger partial charge in [0.1, 0.15) is 0 Å². The molecule has 1 saturated carbocycles. The Morgan fingerprint density at radius 1 is 1.22 bits per heavy atom. The largest absolute Gasteiger partial charge is 0.481 e.